The summed E-state index contributed by atoms with van der Waals surface area (Å²) in [7, 11) is 0. The van der Waals surface area contributed by atoms with Crippen LogP contribution in [0.25, 0.3) is 0 Å². The van der Waals surface area contributed by atoms with Gasteiger partial charge in [0, 0.05) is 6.54 Å². The molecule has 0 bridgehead atoms. The first kappa shape index (κ1) is 14.5. The molecule has 0 amide bonds. The number of hydrogen-bond donors (Lipinski definition) is 1. The molecule has 1 unspecified atom stereocenters. The first-order valence-corrected chi connectivity index (χ1v) is 7.35. The molecule has 7 heteroatoms. The molecule has 1 aromatic heterocycles. The third-order valence-electron chi connectivity index (χ3n) is 3.29. The van der Waals surface area contributed by atoms with E-state index in [1.807, 2.05) is 6.92 Å². The van der Waals surface area contributed by atoms with Gasteiger partial charge in [0.1, 0.15) is 6.10 Å². The van der Waals surface area contributed by atoms with Gasteiger partial charge in [-0.3, -0.25) is 4.68 Å². The molecule has 0 spiro atoms. The first-order chi connectivity index (χ1) is 10.1. The Labute approximate surface area is 132 Å². The molecule has 2 heterocycles. The van der Waals surface area contributed by atoms with E-state index in [4.69, 9.17) is 32.7 Å². The van der Waals surface area contributed by atoms with E-state index in [1.165, 1.54) is 6.20 Å². The predicted octanol–water partition coefficient (Wildman–Crippen LogP) is 3.41. The Balaban J connectivity index is 2.01. The van der Waals surface area contributed by atoms with E-state index < -0.39 is 6.10 Å². The maximum Gasteiger partial charge on any atom is 0.231 e. The van der Waals surface area contributed by atoms with Crippen LogP contribution in [0.15, 0.2) is 18.3 Å². The molecule has 0 saturated heterocycles. The van der Waals surface area contributed by atoms with Crippen LogP contribution in [-0.2, 0) is 6.54 Å². The summed E-state index contributed by atoms with van der Waals surface area (Å²) in [6.07, 6.45) is 1.49. The van der Waals surface area contributed by atoms with E-state index >= 15 is 0 Å². The molecule has 21 heavy (non-hydrogen) atoms. The second-order valence-electron chi connectivity index (χ2n) is 4.74. The van der Waals surface area contributed by atoms with Crippen molar-refractivity contribution in [3.63, 3.8) is 0 Å². The monoisotopic (exact) mass is 328 g/mol. The van der Waals surface area contributed by atoms with Crippen LogP contribution in [0.5, 0.6) is 11.5 Å². The number of fused-ring (bicyclic) bond motifs is 1. The molecule has 1 N–H and O–H groups in total. The van der Waals surface area contributed by atoms with E-state index in [1.54, 1.807) is 16.8 Å². The molecule has 112 valence electrons. The van der Waals surface area contributed by atoms with Crippen LogP contribution in [0.2, 0.25) is 10.0 Å². The fourth-order valence-corrected chi connectivity index (χ4v) is 2.86. The molecule has 0 fully saturated rings. The molecule has 1 aliphatic heterocycles. The molecular weight excluding hydrogens is 315 g/mol. The smallest absolute Gasteiger partial charge is 0.231 e. The summed E-state index contributed by atoms with van der Waals surface area (Å²) in [6.45, 7) is 2.84. The standard InChI is InChI=1S/C14H14Cl2N2O3/c1-2-3-18-12(10(16)6-17-18)13(19)8-4-9(15)14-11(5-8)20-7-21-14/h4-6,13,19H,2-3,7H2,1H3. The van der Waals surface area contributed by atoms with Gasteiger partial charge >= 0.3 is 0 Å². The quantitative estimate of drug-likeness (QED) is 0.934. The van der Waals surface area contributed by atoms with Crippen molar-refractivity contribution in [1.82, 2.24) is 9.78 Å². The highest BCUT2D eigenvalue weighted by Gasteiger charge is 2.25. The van der Waals surface area contributed by atoms with Crippen molar-refractivity contribution in [2.45, 2.75) is 26.0 Å². The van der Waals surface area contributed by atoms with Crippen LogP contribution in [0, 0.1) is 0 Å². The van der Waals surface area contributed by atoms with Crippen molar-refractivity contribution in [2.75, 3.05) is 6.79 Å². The van der Waals surface area contributed by atoms with Crippen molar-refractivity contribution < 1.29 is 14.6 Å². The van der Waals surface area contributed by atoms with Gasteiger partial charge in [0.25, 0.3) is 0 Å². The van der Waals surface area contributed by atoms with Gasteiger partial charge in [-0.15, -0.1) is 0 Å². The fraction of sp³-hybridized carbons (Fsp3) is 0.357. The van der Waals surface area contributed by atoms with Crippen molar-refractivity contribution in [3.8, 4) is 11.5 Å². The molecule has 5 nitrogen and oxygen atoms in total. The fourth-order valence-electron chi connectivity index (χ4n) is 2.34. The van der Waals surface area contributed by atoms with Gasteiger partial charge in [-0.2, -0.15) is 5.10 Å². The zero-order valence-electron chi connectivity index (χ0n) is 11.3. The SMILES string of the molecule is CCCn1ncc(Cl)c1C(O)c1cc(Cl)c2c(c1)OCO2. The Bertz CT molecular complexity index is 672. The lowest BCUT2D eigenvalue weighted by atomic mass is 10.1. The lowest BCUT2D eigenvalue weighted by Gasteiger charge is -2.15. The number of hydrogen-bond acceptors (Lipinski definition) is 4. The molecule has 0 radical (unpaired) electrons. The number of aliphatic hydroxyl groups excluding tert-OH is 1. The van der Waals surface area contributed by atoms with Gasteiger partial charge in [-0.25, -0.2) is 0 Å². The largest absolute Gasteiger partial charge is 0.454 e. The minimum atomic E-state index is -0.932. The highest BCUT2D eigenvalue weighted by molar-refractivity contribution is 6.32. The Kier molecular flexibility index (Phi) is 3.97. The van der Waals surface area contributed by atoms with Crippen LogP contribution in [-0.4, -0.2) is 21.7 Å². The maximum absolute atomic E-state index is 10.6. The molecule has 0 aliphatic carbocycles. The first-order valence-electron chi connectivity index (χ1n) is 6.60. The van der Waals surface area contributed by atoms with Crippen LogP contribution < -0.4 is 9.47 Å². The van der Waals surface area contributed by atoms with Gasteiger partial charge < -0.3 is 14.6 Å². The molecule has 1 atom stereocenters. The van der Waals surface area contributed by atoms with Crippen LogP contribution >= 0.6 is 23.2 Å². The number of aryl methyl sites for hydroxylation is 1. The Morgan fingerprint density at radius 1 is 1.33 bits per heavy atom. The van der Waals surface area contributed by atoms with Crippen molar-refractivity contribution in [3.05, 3.63) is 39.6 Å². The highest BCUT2D eigenvalue weighted by Crippen LogP contribution is 2.42. The third kappa shape index (κ3) is 2.57. The minimum absolute atomic E-state index is 0.128. The molecule has 2 aromatic rings. The van der Waals surface area contributed by atoms with Crippen molar-refractivity contribution in [1.29, 1.82) is 0 Å². The summed E-state index contributed by atoms with van der Waals surface area (Å²) < 4.78 is 12.3. The number of benzene rings is 1. The summed E-state index contributed by atoms with van der Waals surface area (Å²) in [5.74, 6) is 1.02. The van der Waals surface area contributed by atoms with Crippen molar-refractivity contribution >= 4 is 23.2 Å². The second-order valence-corrected chi connectivity index (χ2v) is 5.55. The molecule has 1 aliphatic rings. The predicted molar refractivity (Wildman–Crippen MR) is 79.2 cm³/mol. The highest BCUT2D eigenvalue weighted by atomic mass is 35.5. The summed E-state index contributed by atoms with van der Waals surface area (Å²) in [6, 6.07) is 3.36. The molecule has 3 rings (SSSR count). The summed E-state index contributed by atoms with van der Waals surface area (Å²) in [5, 5.41) is 15.6. The van der Waals surface area contributed by atoms with Gasteiger partial charge in [0.15, 0.2) is 11.5 Å². The summed E-state index contributed by atoms with van der Waals surface area (Å²) in [5.41, 5.74) is 1.14. The van der Waals surface area contributed by atoms with Crippen molar-refractivity contribution in [2.24, 2.45) is 0 Å². The zero-order chi connectivity index (χ0) is 15.0. The topological polar surface area (TPSA) is 56.5 Å². The van der Waals surface area contributed by atoms with Gasteiger partial charge in [0.05, 0.1) is 21.9 Å². The Morgan fingerprint density at radius 3 is 2.90 bits per heavy atom. The second kappa shape index (κ2) is 5.75. The van der Waals surface area contributed by atoms with E-state index in [0.29, 0.717) is 39.3 Å². The summed E-state index contributed by atoms with van der Waals surface area (Å²) >= 11 is 12.3. The lowest BCUT2D eigenvalue weighted by Crippen LogP contribution is -2.10. The average molecular weight is 329 g/mol. The molecule has 0 saturated carbocycles. The number of aromatic nitrogens is 2. The van der Waals surface area contributed by atoms with Gasteiger partial charge in [0.2, 0.25) is 6.79 Å². The Hall–Kier alpha value is -1.43. The van der Waals surface area contributed by atoms with E-state index in [9.17, 15) is 5.11 Å². The number of rotatable bonds is 4. The third-order valence-corrected chi connectivity index (χ3v) is 3.86. The Morgan fingerprint density at radius 2 is 2.14 bits per heavy atom. The molecule has 1 aromatic carbocycles. The van der Waals surface area contributed by atoms with E-state index in [0.717, 1.165) is 6.42 Å². The van der Waals surface area contributed by atoms with Crippen LogP contribution in [0.1, 0.15) is 30.7 Å². The van der Waals surface area contributed by atoms with Crippen LogP contribution in [0.4, 0.5) is 0 Å². The lowest BCUT2D eigenvalue weighted by molar-refractivity contribution is 0.173. The van der Waals surface area contributed by atoms with E-state index in [2.05, 4.69) is 5.10 Å². The minimum Gasteiger partial charge on any atom is -0.454 e. The van der Waals surface area contributed by atoms with Crippen LogP contribution in [0.3, 0.4) is 0 Å². The normalized spacial score (nSPS) is 14.5. The zero-order valence-corrected chi connectivity index (χ0v) is 12.9. The van der Waals surface area contributed by atoms with Gasteiger partial charge in [-0.1, -0.05) is 30.1 Å². The van der Waals surface area contributed by atoms with Gasteiger partial charge in [-0.05, 0) is 24.1 Å². The molecular formula is C14H14Cl2N2O3. The summed E-state index contributed by atoms with van der Waals surface area (Å²) in [4.78, 5) is 0. The number of halogens is 2. The average Bonchev–Trinajstić information content (AvgIpc) is 3.06. The maximum atomic E-state index is 10.6. The number of ether oxygens (including phenoxy) is 2. The number of nitrogens with zero attached hydrogens (tertiary/aromatic N) is 2. The number of aliphatic hydroxyl groups is 1. The van der Waals surface area contributed by atoms with E-state index in [-0.39, 0.29) is 6.79 Å².